The van der Waals surface area contributed by atoms with Crippen LogP contribution in [0.25, 0.3) is 11.1 Å². The second-order valence-electron chi connectivity index (χ2n) is 9.89. The number of amides is 1. The molecular formula is C28H29ClF3N5O2. The Morgan fingerprint density at radius 1 is 1.00 bits per heavy atom. The number of rotatable bonds is 6. The lowest BCUT2D eigenvalue weighted by atomic mass is 10.0. The van der Waals surface area contributed by atoms with Gasteiger partial charge in [0.1, 0.15) is 6.61 Å². The number of likely N-dealkylation sites (tertiary alicyclic amines) is 2. The van der Waals surface area contributed by atoms with Crippen LogP contribution in [0.2, 0.25) is 5.02 Å². The quantitative estimate of drug-likeness (QED) is 0.418. The Hall–Kier alpha value is -3.37. The average molecular weight is 560 g/mol. The van der Waals surface area contributed by atoms with Crippen LogP contribution in [-0.4, -0.2) is 57.9 Å². The number of aromatic nitrogens is 2. The molecule has 1 aromatic carbocycles. The summed E-state index contributed by atoms with van der Waals surface area (Å²) >= 11 is 5.98. The molecular weight excluding hydrogens is 531 g/mol. The molecule has 11 heteroatoms. The number of hydrogen-bond acceptors (Lipinski definition) is 6. The number of carbonyl (C=O) groups excluding carboxylic acids is 1. The number of nitrogens with zero attached hydrogens (tertiary/aromatic N) is 4. The van der Waals surface area contributed by atoms with E-state index in [1.165, 1.54) is 25.9 Å². The summed E-state index contributed by atoms with van der Waals surface area (Å²) in [6.45, 7) is 3.69. The first-order valence-electron chi connectivity index (χ1n) is 12.9. The second kappa shape index (κ2) is 11.4. The Morgan fingerprint density at radius 3 is 2.33 bits per heavy atom. The zero-order chi connectivity index (χ0) is 27.6. The van der Waals surface area contributed by atoms with Crippen molar-refractivity contribution in [3.05, 3.63) is 70.6 Å². The van der Waals surface area contributed by atoms with Gasteiger partial charge in [0.15, 0.2) is 11.6 Å². The molecule has 1 amide bonds. The van der Waals surface area contributed by atoms with Gasteiger partial charge in [0.2, 0.25) is 0 Å². The van der Waals surface area contributed by atoms with E-state index < -0.39 is 11.7 Å². The molecule has 0 unspecified atom stereocenters. The van der Waals surface area contributed by atoms with Crippen molar-refractivity contribution in [2.24, 2.45) is 0 Å². The van der Waals surface area contributed by atoms with Crippen molar-refractivity contribution in [1.82, 2.24) is 19.8 Å². The Kier molecular flexibility index (Phi) is 7.95. The summed E-state index contributed by atoms with van der Waals surface area (Å²) in [5.74, 6) is 0.388. The number of nitrogens with two attached hydrogens (primary N) is 1. The zero-order valence-electron chi connectivity index (χ0n) is 21.3. The first-order chi connectivity index (χ1) is 18.7. The van der Waals surface area contributed by atoms with Crippen LogP contribution in [0.15, 0.2) is 48.8 Å². The van der Waals surface area contributed by atoms with Gasteiger partial charge in [0, 0.05) is 42.7 Å². The summed E-state index contributed by atoms with van der Waals surface area (Å²) in [6, 6.07) is 10.4. The largest absolute Gasteiger partial charge is 0.483 e. The van der Waals surface area contributed by atoms with Gasteiger partial charge in [0.05, 0.1) is 16.3 Å². The average Bonchev–Trinajstić information content (AvgIpc) is 3.48. The molecule has 2 fully saturated rings. The third-order valence-corrected chi connectivity index (χ3v) is 7.69. The van der Waals surface area contributed by atoms with Crippen LogP contribution in [-0.2, 0) is 12.8 Å². The maximum absolute atomic E-state index is 13.1. The molecule has 39 heavy (non-hydrogen) atoms. The number of anilines is 1. The molecule has 2 saturated heterocycles. The van der Waals surface area contributed by atoms with Crippen molar-refractivity contribution >= 4 is 23.3 Å². The van der Waals surface area contributed by atoms with E-state index in [0.717, 1.165) is 37.6 Å². The number of ether oxygens (including phenoxy) is 1. The van der Waals surface area contributed by atoms with Crippen molar-refractivity contribution in [2.75, 3.05) is 31.9 Å². The molecule has 0 radical (unpaired) electrons. The topological polar surface area (TPSA) is 84.6 Å². The highest BCUT2D eigenvalue weighted by Crippen LogP contribution is 2.32. The molecule has 0 atom stereocenters. The fourth-order valence-electron chi connectivity index (χ4n) is 5.13. The summed E-state index contributed by atoms with van der Waals surface area (Å²) < 4.78 is 44.3. The van der Waals surface area contributed by atoms with Gasteiger partial charge in [-0.3, -0.25) is 9.78 Å². The van der Waals surface area contributed by atoms with Crippen LogP contribution in [0, 0.1) is 0 Å². The summed E-state index contributed by atoms with van der Waals surface area (Å²) in [6.07, 6.45) is 2.32. The Bertz CT molecular complexity index is 1320. The predicted octanol–water partition coefficient (Wildman–Crippen LogP) is 5.68. The van der Waals surface area contributed by atoms with Crippen LogP contribution in [0.3, 0.4) is 0 Å². The first-order valence-corrected chi connectivity index (χ1v) is 13.3. The molecule has 4 heterocycles. The van der Waals surface area contributed by atoms with Crippen LogP contribution < -0.4 is 10.5 Å². The van der Waals surface area contributed by atoms with E-state index in [-0.39, 0.29) is 34.8 Å². The van der Waals surface area contributed by atoms with E-state index in [1.807, 2.05) is 17.0 Å². The molecule has 5 rings (SSSR count). The minimum atomic E-state index is -4.54. The van der Waals surface area contributed by atoms with Crippen molar-refractivity contribution in [2.45, 2.75) is 44.5 Å². The number of halogens is 4. The standard InChI is InChI=1S/C28H29ClF3N5O2/c29-23-14-21(28(30,31)32)16-34-24(23)17-39-25-13-20(15-35-26(25)33)18-3-5-19(6-4-18)27(38)37-11-7-22(8-12-37)36-9-1-2-10-36/h3-6,13-16,22H,1-2,7-12,17H2,(H2,33,35). The zero-order valence-corrected chi connectivity index (χ0v) is 22.0. The van der Waals surface area contributed by atoms with Crippen molar-refractivity contribution < 1.29 is 22.7 Å². The Morgan fingerprint density at radius 2 is 1.69 bits per heavy atom. The summed E-state index contributed by atoms with van der Waals surface area (Å²) in [5, 5.41) is -0.159. The normalized spacial score (nSPS) is 17.0. The SMILES string of the molecule is Nc1ncc(-c2ccc(C(=O)N3CCC(N4CCCC4)CC3)cc2)cc1OCc1ncc(C(F)(F)F)cc1Cl. The number of nitrogen functional groups attached to an aromatic ring is 1. The van der Waals surface area contributed by atoms with Gasteiger partial charge in [-0.1, -0.05) is 23.7 Å². The minimum absolute atomic E-state index is 0.0294. The van der Waals surface area contributed by atoms with E-state index >= 15 is 0 Å². The van der Waals surface area contributed by atoms with E-state index in [2.05, 4.69) is 14.9 Å². The Labute approximate surface area is 229 Å². The van der Waals surface area contributed by atoms with Crippen molar-refractivity contribution in [3.63, 3.8) is 0 Å². The number of hydrogen-bond donors (Lipinski definition) is 1. The van der Waals surface area contributed by atoms with E-state index in [4.69, 9.17) is 22.1 Å². The third-order valence-electron chi connectivity index (χ3n) is 7.36. The van der Waals surface area contributed by atoms with Gasteiger partial charge < -0.3 is 20.3 Å². The lowest BCUT2D eigenvalue weighted by Crippen LogP contribution is -2.45. The van der Waals surface area contributed by atoms with Gasteiger partial charge in [-0.05, 0) is 68.6 Å². The highest BCUT2D eigenvalue weighted by atomic mass is 35.5. The molecule has 0 aliphatic carbocycles. The minimum Gasteiger partial charge on any atom is -0.483 e. The number of benzene rings is 1. The molecule has 2 aromatic heterocycles. The lowest BCUT2D eigenvalue weighted by Gasteiger charge is -2.36. The number of carbonyl (C=O) groups is 1. The number of piperidine rings is 1. The van der Waals surface area contributed by atoms with E-state index in [0.29, 0.717) is 23.4 Å². The van der Waals surface area contributed by atoms with Crippen LogP contribution in [0.4, 0.5) is 19.0 Å². The number of pyridine rings is 2. The van der Waals surface area contributed by atoms with Crippen molar-refractivity contribution in [3.8, 4) is 16.9 Å². The monoisotopic (exact) mass is 559 g/mol. The smallest absolute Gasteiger partial charge is 0.417 e. The molecule has 2 aliphatic rings. The summed E-state index contributed by atoms with van der Waals surface area (Å²) in [4.78, 5) is 25.5. The summed E-state index contributed by atoms with van der Waals surface area (Å²) in [5.41, 5.74) is 7.30. The van der Waals surface area contributed by atoms with Gasteiger partial charge in [0.25, 0.3) is 5.91 Å². The Balaban J connectivity index is 1.22. The van der Waals surface area contributed by atoms with Crippen LogP contribution >= 0.6 is 11.6 Å². The molecule has 3 aromatic rings. The number of alkyl halides is 3. The van der Waals surface area contributed by atoms with Crippen LogP contribution in [0.5, 0.6) is 5.75 Å². The maximum Gasteiger partial charge on any atom is 0.417 e. The van der Waals surface area contributed by atoms with E-state index in [1.54, 1.807) is 24.4 Å². The molecule has 2 aliphatic heterocycles. The maximum atomic E-state index is 13.1. The summed E-state index contributed by atoms with van der Waals surface area (Å²) in [7, 11) is 0. The highest BCUT2D eigenvalue weighted by Gasteiger charge is 2.32. The second-order valence-corrected chi connectivity index (χ2v) is 10.3. The third kappa shape index (κ3) is 6.28. The van der Waals surface area contributed by atoms with Gasteiger partial charge >= 0.3 is 6.18 Å². The fourth-order valence-corrected chi connectivity index (χ4v) is 5.35. The van der Waals surface area contributed by atoms with Crippen LogP contribution in [0.1, 0.15) is 47.3 Å². The highest BCUT2D eigenvalue weighted by molar-refractivity contribution is 6.31. The van der Waals surface area contributed by atoms with Crippen molar-refractivity contribution in [1.29, 1.82) is 0 Å². The molecule has 0 spiro atoms. The molecule has 0 saturated carbocycles. The first kappa shape index (κ1) is 27.2. The molecule has 206 valence electrons. The molecule has 0 bridgehead atoms. The van der Waals surface area contributed by atoms with Gasteiger partial charge in [-0.15, -0.1) is 0 Å². The molecule has 2 N–H and O–H groups in total. The lowest BCUT2D eigenvalue weighted by molar-refractivity contribution is -0.137. The predicted molar refractivity (Wildman–Crippen MR) is 142 cm³/mol. The van der Waals surface area contributed by atoms with E-state index in [9.17, 15) is 18.0 Å². The van der Waals surface area contributed by atoms with Gasteiger partial charge in [-0.2, -0.15) is 13.2 Å². The molecule has 7 nitrogen and oxygen atoms in total. The van der Waals surface area contributed by atoms with Gasteiger partial charge in [-0.25, -0.2) is 4.98 Å². The fraction of sp³-hybridized carbons (Fsp3) is 0.393.